The smallest absolute Gasteiger partial charge is 0.305 e. The molecule has 37 heavy (non-hydrogen) atoms. The summed E-state index contributed by atoms with van der Waals surface area (Å²) in [6.45, 7) is 2.01. The predicted molar refractivity (Wildman–Crippen MR) is 138 cm³/mol. The molecule has 0 aliphatic rings. The number of aryl methyl sites for hydroxylation is 2. The van der Waals surface area contributed by atoms with E-state index in [1.807, 2.05) is 42.5 Å². The van der Waals surface area contributed by atoms with Crippen LogP contribution in [-0.4, -0.2) is 52.4 Å². The van der Waals surface area contributed by atoms with Crippen molar-refractivity contribution < 1.29 is 28.7 Å². The number of aromatic nitrogens is 1. The Morgan fingerprint density at radius 1 is 0.946 bits per heavy atom. The Bertz CT molecular complexity index is 1260. The summed E-state index contributed by atoms with van der Waals surface area (Å²) >= 11 is 0. The number of benzene rings is 2. The van der Waals surface area contributed by atoms with Crippen LogP contribution in [0.5, 0.6) is 0 Å². The molecule has 4 N–H and O–H groups in total. The molecular formula is C28H32FN3O5. The molecule has 9 heteroatoms. The third kappa shape index (κ3) is 7.25. The second-order valence-corrected chi connectivity index (χ2v) is 9.32. The number of alkyl halides is 1. The van der Waals surface area contributed by atoms with E-state index >= 15 is 0 Å². The Labute approximate surface area is 214 Å². The first-order valence-corrected chi connectivity index (χ1v) is 12.3. The van der Waals surface area contributed by atoms with Crippen LogP contribution in [0.25, 0.3) is 10.9 Å². The van der Waals surface area contributed by atoms with Crippen molar-refractivity contribution >= 4 is 34.5 Å². The third-order valence-electron chi connectivity index (χ3n) is 6.23. The quantitative estimate of drug-likeness (QED) is 0.280. The van der Waals surface area contributed by atoms with E-state index in [1.165, 1.54) is 5.56 Å². The predicted octanol–water partition coefficient (Wildman–Crippen LogP) is 3.60. The number of carbonyl (C=O) groups is 4. The van der Waals surface area contributed by atoms with Crippen molar-refractivity contribution in [3.8, 4) is 0 Å². The number of hydrogen-bond donors (Lipinski definition) is 4. The van der Waals surface area contributed by atoms with Crippen LogP contribution in [0, 0.1) is 5.92 Å². The highest BCUT2D eigenvalue weighted by Crippen LogP contribution is 2.25. The number of aromatic amines is 1. The van der Waals surface area contributed by atoms with E-state index in [-0.39, 0.29) is 5.92 Å². The van der Waals surface area contributed by atoms with Gasteiger partial charge in [0.25, 0.3) is 5.91 Å². The van der Waals surface area contributed by atoms with Crippen LogP contribution in [-0.2, 0) is 27.2 Å². The number of hydrogen-bond acceptors (Lipinski definition) is 4. The lowest BCUT2D eigenvalue weighted by molar-refractivity contribution is -0.140. The molecular weight excluding hydrogens is 477 g/mol. The van der Waals surface area contributed by atoms with E-state index < -0.39 is 48.7 Å². The maximum Gasteiger partial charge on any atom is 0.305 e. The first-order chi connectivity index (χ1) is 17.7. The minimum absolute atomic E-state index is 0.342. The molecule has 3 aromatic rings. The molecule has 0 bridgehead atoms. The van der Waals surface area contributed by atoms with Crippen LogP contribution >= 0.6 is 0 Å². The van der Waals surface area contributed by atoms with E-state index in [9.17, 15) is 23.6 Å². The molecule has 196 valence electrons. The molecule has 2 atom stereocenters. The number of aliphatic carboxylic acids is 1. The summed E-state index contributed by atoms with van der Waals surface area (Å²) in [5.74, 6) is -4.03. The number of rotatable bonds is 13. The molecule has 0 fully saturated rings. The van der Waals surface area contributed by atoms with Gasteiger partial charge in [0, 0.05) is 10.9 Å². The number of ketones is 1. The Morgan fingerprint density at radius 3 is 2.27 bits per heavy atom. The average molecular weight is 510 g/mol. The van der Waals surface area contributed by atoms with Crippen molar-refractivity contribution in [2.75, 3.05) is 6.67 Å². The lowest BCUT2D eigenvalue weighted by Gasteiger charge is -2.24. The largest absolute Gasteiger partial charge is 0.481 e. The van der Waals surface area contributed by atoms with Crippen molar-refractivity contribution in [2.45, 2.75) is 51.6 Å². The van der Waals surface area contributed by atoms with Gasteiger partial charge in [-0.3, -0.25) is 19.2 Å². The fraction of sp³-hybridized carbons (Fsp3) is 0.357. The average Bonchev–Trinajstić information content (AvgIpc) is 3.25. The van der Waals surface area contributed by atoms with Gasteiger partial charge in [-0.15, -0.1) is 0 Å². The second-order valence-electron chi connectivity index (χ2n) is 9.32. The lowest BCUT2D eigenvalue weighted by atomic mass is 9.99. The van der Waals surface area contributed by atoms with Gasteiger partial charge in [-0.1, -0.05) is 62.4 Å². The lowest BCUT2D eigenvalue weighted by Crippen LogP contribution is -2.54. The molecule has 0 saturated carbocycles. The Balaban J connectivity index is 1.80. The zero-order valence-electron chi connectivity index (χ0n) is 20.9. The summed E-state index contributed by atoms with van der Waals surface area (Å²) in [5.41, 5.74) is 3.17. The number of H-pyrrole nitrogens is 1. The first kappa shape index (κ1) is 27.6. The van der Waals surface area contributed by atoms with Crippen molar-refractivity contribution in [1.82, 2.24) is 15.6 Å². The van der Waals surface area contributed by atoms with Gasteiger partial charge in [0.1, 0.15) is 24.5 Å². The van der Waals surface area contributed by atoms with Crippen molar-refractivity contribution in [1.29, 1.82) is 0 Å². The zero-order chi connectivity index (χ0) is 26.9. The summed E-state index contributed by atoms with van der Waals surface area (Å²) in [7, 11) is 0. The maximum absolute atomic E-state index is 13.4. The van der Waals surface area contributed by atoms with Crippen LogP contribution in [0.2, 0.25) is 0 Å². The molecule has 1 unspecified atom stereocenters. The van der Waals surface area contributed by atoms with Gasteiger partial charge in [0.2, 0.25) is 5.91 Å². The molecule has 0 aliphatic heterocycles. The van der Waals surface area contributed by atoms with E-state index in [1.54, 1.807) is 13.8 Å². The number of para-hydroxylation sites is 1. The number of carboxylic acids is 1. The minimum Gasteiger partial charge on any atom is -0.481 e. The molecule has 3 rings (SSSR count). The number of amides is 2. The molecule has 1 heterocycles. The van der Waals surface area contributed by atoms with Crippen LogP contribution in [0.1, 0.15) is 48.3 Å². The van der Waals surface area contributed by atoms with Gasteiger partial charge in [-0.25, -0.2) is 4.39 Å². The number of halogens is 1. The van der Waals surface area contributed by atoms with E-state index in [2.05, 4.69) is 27.8 Å². The fourth-order valence-electron chi connectivity index (χ4n) is 4.29. The van der Waals surface area contributed by atoms with E-state index in [0.717, 1.165) is 29.3 Å². The molecule has 1 aromatic heterocycles. The number of carbonyl (C=O) groups excluding carboxylic acids is 3. The highest BCUT2D eigenvalue weighted by Gasteiger charge is 2.31. The summed E-state index contributed by atoms with van der Waals surface area (Å²) in [6.07, 6.45) is 1.53. The highest BCUT2D eigenvalue weighted by atomic mass is 19.1. The number of nitrogens with one attached hydrogen (secondary N) is 3. The molecule has 0 radical (unpaired) electrons. The molecule has 0 aliphatic carbocycles. The van der Waals surface area contributed by atoms with Crippen molar-refractivity contribution in [3.63, 3.8) is 0 Å². The minimum atomic E-state index is -1.52. The zero-order valence-corrected chi connectivity index (χ0v) is 20.9. The summed E-state index contributed by atoms with van der Waals surface area (Å²) in [4.78, 5) is 52.4. The standard InChI is InChI=1S/C28H32FN3O5/c1-17(2)25(27(36)31-22(15-24(34)35)23(33)16-29)32-28(37)26-20(19-12-6-7-14-21(19)30-26)13-8-11-18-9-4-3-5-10-18/h3-7,9-10,12,14,17,22,25,30H,8,11,13,15-16H2,1-2H3,(H,31,36)(H,32,37)(H,34,35)/t22?,25-/m0/s1. The third-order valence-corrected chi connectivity index (χ3v) is 6.23. The van der Waals surface area contributed by atoms with Crippen LogP contribution in [0.15, 0.2) is 54.6 Å². The number of fused-ring (bicyclic) bond motifs is 1. The van der Waals surface area contributed by atoms with Gasteiger partial charge in [0.05, 0.1) is 6.42 Å². The Morgan fingerprint density at radius 2 is 1.62 bits per heavy atom. The molecule has 0 spiro atoms. The normalized spacial score (nSPS) is 12.8. The van der Waals surface area contributed by atoms with Gasteiger partial charge < -0.3 is 20.7 Å². The summed E-state index contributed by atoms with van der Waals surface area (Å²) < 4.78 is 12.9. The summed E-state index contributed by atoms with van der Waals surface area (Å²) in [5, 5.41) is 15.0. The molecule has 2 aromatic carbocycles. The SMILES string of the molecule is CC(C)[C@H](NC(=O)c1[nH]c2ccccc2c1CCCc1ccccc1)C(=O)NC(CC(=O)O)C(=O)CF. The highest BCUT2D eigenvalue weighted by molar-refractivity contribution is 6.03. The van der Waals surface area contributed by atoms with Crippen LogP contribution in [0.4, 0.5) is 4.39 Å². The van der Waals surface area contributed by atoms with Gasteiger partial charge >= 0.3 is 5.97 Å². The van der Waals surface area contributed by atoms with Crippen LogP contribution < -0.4 is 10.6 Å². The van der Waals surface area contributed by atoms with Gasteiger partial charge in [-0.2, -0.15) is 0 Å². The molecule has 2 amide bonds. The Kier molecular flexibility index (Phi) is 9.54. The van der Waals surface area contributed by atoms with Crippen LogP contribution in [0.3, 0.4) is 0 Å². The van der Waals surface area contributed by atoms with E-state index in [0.29, 0.717) is 12.1 Å². The number of carboxylic acid groups (broad SMARTS) is 1. The topological polar surface area (TPSA) is 128 Å². The number of Topliss-reactive ketones (excluding diaryl/α,β-unsaturated/α-hetero) is 1. The first-order valence-electron chi connectivity index (χ1n) is 12.3. The fourth-order valence-corrected chi connectivity index (χ4v) is 4.29. The second kappa shape index (κ2) is 12.8. The summed E-state index contributed by atoms with van der Waals surface area (Å²) in [6, 6.07) is 15.0. The van der Waals surface area contributed by atoms with Crippen molar-refractivity contribution in [2.24, 2.45) is 5.92 Å². The molecule has 8 nitrogen and oxygen atoms in total. The monoisotopic (exact) mass is 509 g/mol. The van der Waals surface area contributed by atoms with Gasteiger partial charge in [-0.05, 0) is 42.4 Å². The van der Waals surface area contributed by atoms with E-state index in [4.69, 9.17) is 5.11 Å². The molecule has 0 saturated heterocycles. The Hall–Kier alpha value is -4.01. The van der Waals surface area contributed by atoms with Crippen molar-refractivity contribution in [3.05, 3.63) is 71.4 Å². The maximum atomic E-state index is 13.4. The van der Waals surface area contributed by atoms with Gasteiger partial charge in [0.15, 0.2) is 5.78 Å².